The molecular weight excluding hydrogens is 396 g/mol. The van der Waals surface area contributed by atoms with Gasteiger partial charge in [-0.2, -0.15) is 0 Å². The molecule has 2 heterocycles. The number of hydrogen-bond acceptors (Lipinski definition) is 6. The molecule has 1 aliphatic carbocycles. The number of nitrogens with two attached hydrogens (primary N) is 1. The molecule has 164 valence electrons. The zero-order valence-electron chi connectivity index (χ0n) is 18.4. The minimum absolute atomic E-state index is 0.0544. The molecule has 1 aromatic carbocycles. The lowest BCUT2D eigenvalue weighted by molar-refractivity contribution is -0.141. The van der Waals surface area contributed by atoms with E-state index in [1.165, 1.54) is 0 Å². The Balaban J connectivity index is 2.06. The SMILES string of the molecule is CCOC(=O)C1=C(N)OC2=C(C(=O)C[C@H](C)C2)[C@]12C(=O)N(CC(C)C)c1ccccc12. The highest BCUT2D eigenvalue weighted by Gasteiger charge is 2.64. The fourth-order valence-electron chi connectivity index (χ4n) is 5.01. The van der Waals surface area contributed by atoms with E-state index in [0.717, 1.165) is 0 Å². The van der Waals surface area contributed by atoms with E-state index in [1.807, 2.05) is 32.9 Å². The van der Waals surface area contributed by atoms with Crippen molar-refractivity contribution < 1.29 is 23.9 Å². The van der Waals surface area contributed by atoms with Crippen LogP contribution in [0, 0.1) is 11.8 Å². The number of carbonyl (C=O) groups excluding carboxylic acids is 3. The number of carbonyl (C=O) groups is 3. The zero-order valence-corrected chi connectivity index (χ0v) is 18.4. The number of fused-ring (bicyclic) bond motifs is 3. The van der Waals surface area contributed by atoms with Crippen LogP contribution in [0.4, 0.5) is 5.69 Å². The molecule has 4 rings (SSSR count). The lowest BCUT2D eigenvalue weighted by Crippen LogP contribution is -2.52. The highest BCUT2D eigenvalue weighted by Crippen LogP contribution is 2.56. The van der Waals surface area contributed by atoms with Gasteiger partial charge in [0.25, 0.3) is 0 Å². The van der Waals surface area contributed by atoms with Crippen molar-refractivity contribution in [2.75, 3.05) is 18.1 Å². The third kappa shape index (κ3) is 2.98. The molecule has 0 unspecified atom stereocenters. The Morgan fingerprint density at radius 2 is 2.00 bits per heavy atom. The van der Waals surface area contributed by atoms with Crippen LogP contribution in [0.2, 0.25) is 0 Å². The maximum absolute atomic E-state index is 14.2. The predicted octanol–water partition coefficient (Wildman–Crippen LogP) is 2.94. The highest BCUT2D eigenvalue weighted by molar-refractivity contribution is 6.23. The van der Waals surface area contributed by atoms with Crippen molar-refractivity contribution in [2.24, 2.45) is 17.6 Å². The van der Waals surface area contributed by atoms with Crippen LogP contribution in [0.25, 0.3) is 0 Å². The molecule has 7 heteroatoms. The quantitative estimate of drug-likeness (QED) is 0.746. The summed E-state index contributed by atoms with van der Waals surface area (Å²) in [6.07, 6.45) is 0.749. The van der Waals surface area contributed by atoms with Crippen LogP contribution in [0.15, 0.2) is 47.1 Å². The minimum atomic E-state index is -1.65. The van der Waals surface area contributed by atoms with Gasteiger partial charge in [0, 0.05) is 30.6 Å². The monoisotopic (exact) mass is 424 g/mol. The average molecular weight is 424 g/mol. The Bertz CT molecular complexity index is 1040. The van der Waals surface area contributed by atoms with Gasteiger partial charge in [-0.3, -0.25) is 9.59 Å². The van der Waals surface area contributed by atoms with Gasteiger partial charge in [0.2, 0.25) is 11.8 Å². The predicted molar refractivity (Wildman–Crippen MR) is 115 cm³/mol. The number of ether oxygens (including phenoxy) is 2. The number of allylic oxidation sites excluding steroid dienone is 1. The Labute approximate surface area is 181 Å². The van der Waals surface area contributed by atoms with Gasteiger partial charge in [-0.1, -0.05) is 39.0 Å². The van der Waals surface area contributed by atoms with Crippen LogP contribution >= 0.6 is 0 Å². The summed E-state index contributed by atoms with van der Waals surface area (Å²) in [7, 11) is 0. The van der Waals surface area contributed by atoms with Crippen LogP contribution in [-0.2, 0) is 29.3 Å². The summed E-state index contributed by atoms with van der Waals surface area (Å²) in [5, 5.41) is 0. The van der Waals surface area contributed by atoms with Crippen molar-refractivity contribution in [2.45, 2.75) is 46.0 Å². The first-order valence-electron chi connectivity index (χ1n) is 10.8. The van der Waals surface area contributed by atoms with E-state index < -0.39 is 11.4 Å². The maximum Gasteiger partial charge on any atom is 0.341 e. The molecule has 2 N–H and O–H groups in total. The van der Waals surface area contributed by atoms with Gasteiger partial charge in [-0.25, -0.2) is 4.79 Å². The van der Waals surface area contributed by atoms with Crippen molar-refractivity contribution in [3.05, 3.63) is 52.6 Å². The Morgan fingerprint density at radius 1 is 1.29 bits per heavy atom. The lowest BCUT2D eigenvalue weighted by Gasteiger charge is -2.40. The van der Waals surface area contributed by atoms with Gasteiger partial charge in [0.15, 0.2) is 5.78 Å². The van der Waals surface area contributed by atoms with Gasteiger partial charge < -0.3 is 20.1 Å². The molecule has 0 aromatic heterocycles. The second kappa shape index (κ2) is 7.55. The van der Waals surface area contributed by atoms with Gasteiger partial charge in [-0.05, 0) is 24.8 Å². The van der Waals surface area contributed by atoms with E-state index in [9.17, 15) is 14.4 Å². The fraction of sp³-hybridized carbons (Fsp3) is 0.458. The van der Waals surface area contributed by atoms with Crippen LogP contribution in [0.3, 0.4) is 0 Å². The molecule has 3 aliphatic rings. The number of rotatable bonds is 4. The summed E-state index contributed by atoms with van der Waals surface area (Å²) in [6, 6.07) is 7.28. The Hall–Kier alpha value is -3.09. The van der Waals surface area contributed by atoms with Crippen LogP contribution < -0.4 is 10.6 Å². The second-order valence-corrected chi connectivity index (χ2v) is 8.87. The van der Waals surface area contributed by atoms with Crippen molar-refractivity contribution in [3.63, 3.8) is 0 Å². The summed E-state index contributed by atoms with van der Waals surface area (Å²) in [5.41, 5.74) is 6.00. The highest BCUT2D eigenvalue weighted by atomic mass is 16.5. The molecule has 31 heavy (non-hydrogen) atoms. The molecule has 0 saturated carbocycles. The van der Waals surface area contributed by atoms with Crippen LogP contribution in [0.1, 0.15) is 46.1 Å². The van der Waals surface area contributed by atoms with Gasteiger partial charge >= 0.3 is 5.97 Å². The van der Waals surface area contributed by atoms with Crippen molar-refractivity contribution in [1.82, 2.24) is 0 Å². The van der Waals surface area contributed by atoms with Crippen molar-refractivity contribution >= 4 is 23.3 Å². The fourth-order valence-corrected chi connectivity index (χ4v) is 5.01. The number of anilines is 1. The largest absolute Gasteiger partial charge is 0.462 e. The molecule has 1 amide bonds. The summed E-state index contributed by atoms with van der Waals surface area (Å²) in [4.78, 5) is 42.4. The minimum Gasteiger partial charge on any atom is -0.462 e. The van der Waals surface area contributed by atoms with Gasteiger partial charge in [-0.15, -0.1) is 0 Å². The van der Waals surface area contributed by atoms with Gasteiger partial charge in [0.05, 0.1) is 12.2 Å². The van der Waals surface area contributed by atoms with Crippen molar-refractivity contribution in [1.29, 1.82) is 0 Å². The second-order valence-electron chi connectivity index (χ2n) is 8.87. The summed E-state index contributed by atoms with van der Waals surface area (Å²) >= 11 is 0. The Morgan fingerprint density at radius 3 is 2.68 bits per heavy atom. The Kier molecular flexibility index (Phi) is 5.15. The normalized spacial score (nSPS) is 25.2. The number of ketones is 1. The number of benzene rings is 1. The third-order valence-electron chi connectivity index (χ3n) is 6.05. The molecular formula is C24H28N2O5. The standard InChI is InChI=1S/C24H28N2O5/c1-5-30-22(28)20-21(25)31-18-11-14(4)10-17(27)19(18)24(20)15-8-6-7-9-16(15)26(23(24)29)12-13(2)3/h6-9,13-14H,5,10-12,25H2,1-4H3/t14-,24-/m0/s1. The first-order chi connectivity index (χ1) is 14.7. The number of hydrogen-bond donors (Lipinski definition) is 1. The first-order valence-corrected chi connectivity index (χ1v) is 10.8. The zero-order chi connectivity index (χ0) is 22.5. The molecule has 1 aromatic rings. The first kappa shape index (κ1) is 21.2. The van der Waals surface area contributed by atoms with Crippen LogP contribution in [-0.4, -0.2) is 30.8 Å². The molecule has 0 radical (unpaired) electrons. The summed E-state index contributed by atoms with van der Waals surface area (Å²) in [5.74, 6) is -0.858. The number of Topliss-reactive ketones (excluding diaryl/α,β-unsaturated/α-hetero) is 1. The molecule has 0 fully saturated rings. The van der Waals surface area contributed by atoms with Gasteiger partial charge in [0.1, 0.15) is 16.7 Å². The molecule has 7 nitrogen and oxygen atoms in total. The summed E-state index contributed by atoms with van der Waals surface area (Å²) < 4.78 is 11.1. The topological polar surface area (TPSA) is 98.9 Å². The van der Waals surface area contributed by atoms with E-state index in [1.54, 1.807) is 24.0 Å². The summed E-state index contributed by atoms with van der Waals surface area (Å²) in [6.45, 7) is 8.21. The number of amides is 1. The lowest BCUT2D eigenvalue weighted by atomic mass is 9.64. The van der Waals surface area contributed by atoms with Crippen LogP contribution in [0.5, 0.6) is 0 Å². The molecule has 2 atom stereocenters. The molecule has 1 spiro atoms. The van der Waals surface area contributed by atoms with E-state index >= 15 is 0 Å². The van der Waals surface area contributed by atoms with E-state index in [4.69, 9.17) is 15.2 Å². The third-order valence-corrected chi connectivity index (χ3v) is 6.05. The number of esters is 1. The number of nitrogens with zero attached hydrogens (tertiary/aromatic N) is 1. The van der Waals surface area contributed by atoms with E-state index in [0.29, 0.717) is 30.0 Å². The van der Waals surface area contributed by atoms with E-state index in [2.05, 4.69) is 0 Å². The van der Waals surface area contributed by atoms with Crippen molar-refractivity contribution in [3.8, 4) is 0 Å². The average Bonchev–Trinajstić information content (AvgIpc) is 2.91. The molecule has 2 aliphatic heterocycles. The van der Waals surface area contributed by atoms with E-state index in [-0.39, 0.29) is 53.6 Å². The molecule has 0 saturated heterocycles. The number of para-hydroxylation sites is 1. The smallest absolute Gasteiger partial charge is 0.341 e. The maximum atomic E-state index is 14.2. The molecule has 0 bridgehead atoms.